The molecule has 90 valence electrons. The molecule has 1 heterocycles. The maximum absolute atomic E-state index is 10.4. The number of aromatic nitrogens is 1. The summed E-state index contributed by atoms with van der Waals surface area (Å²) in [4.78, 5) is 6.03. The van der Waals surface area contributed by atoms with Gasteiger partial charge in [0, 0.05) is 29.2 Å². The van der Waals surface area contributed by atoms with Crippen molar-refractivity contribution in [3.05, 3.63) is 24.0 Å². The van der Waals surface area contributed by atoms with Crippen LogP contribution in [0.2, 0.25) is 0 Å². The molecule has 0 saturated carbocycles. The molecule has 0 aliphatic rings. The van der Waals surface area contributed by atoms with E-state index in [2.05, 4.69) is 11.9 Å². The molecule has 0 aliphatic heterocycles. The van der Waals surface area contributed by atoms with Gasteiger partial charge in [0.1, 0.15) is 6.10 Å². The molecule has 0 aliphatic carbocycles. The van der Waals surface area contributed by atoms with Gasteiger partial charge in [-0.1, -0.05) is 6.92 Å². The van der Waals surface area contributed by atoms with Crippen LogP contribution < -0.4 is 5.73 Å². The lowest BCUT2D eigenvalue weighted by Crippen LogP contribution is -2.46. The summed E-state index contributed by atoms with van der Waals surface area (Å²) >= 11 is 0. The first-order valence-electron chi connectivity index (χ1n) is 5.48. The second-order valence-electron chi connectivity index (χ2n) is 4.51. The van der Waals surface area contributed by atoms with E-state index in [-0.39, 0.29) is 5.54 Å². The first kappa shape index (κ1) is 12.9. The predicted octanol–water partition coefficient (Wildman–Crippen LogP) is 1.43. The summed E-state index contributed by atoms with van der Waals surface area (Å²) in [7, 11) is 3.92. The van der Waals surface area contributed by atoms with E-state index in [1.54, 1.807) is 18.5 Å². The lowest BCUT2D eigenvalue weighted by Gasteiger charge is -2.40. The summed E-state index contributed by atoms with van der Waals surface area (Å²) < 4.78 is 0. The molecule has 0 aromatic carbocycles. The van der Waals surface area contributed by atoms with Crippen LogP contribution >= 0.6 is 0 Å². The fraction of sp³-hybridized carbons (Fsp3) is 0.583. The molecule has 0 fully saturated rings. The van der Waals surface area contributed by atoms with Gasteiger partial charge in [-0.05, 0) is 33.5 Å². The van der Waals surface area contributed by atoms with Gasteiger partial charge in [-0.25, -0.2) is 0 Å². The Bertz CT molecular complexity index is 354. The number of rotatable bonds is 4. The zero-order valence-electron chi connectivity index (χ0n) is 10.4. The van der Waals surface area contributed by atoms with Crippen LogP contribution in [0.3, 0.4) is 0 Å². The van der Waals surface area contributed by atoms with Crippen molar-refractivity contribution in [2.45, 2.75) is 31.9 Å². The summed E-state index contributed by atoms with van der Waals surface area (Å²) in [6.07, 6.45) is 3.46. The molecule has 0 spiro atoms. The number of anilines is 1. The van der Waals surface area contributed by atoms with Crippen molar-refractivity contribution in [3.63, 3.8) is 0 Å². The monoisotopic (exact) mass is 223 g/mol. The number of pyridine rings is 1. The molecule has 1 rings (SSSR count). The van der Waals surface area contributed by atoms with Gasteiger partial charge >= 0.3 is 0 Å². The minimum Gasteiger partial charge on any atom is -0.398 e. The molecule has 1 aromatic heterocycles. The van der Waals surface area contributed by atoms with Crippen LogP contribution in [0.15, 0.2) is 18.5 Å². The highest BCUT2D eigenvalue weighted by Crippen LogP contribution is 2.34. The van der Waals surface area contributed by atoms with E-state index in [1.165, 1.54) is 0 Å². The van der Waals surface area contributed by atoms with Gasteiger partial charge in [0.25, 0.3) is 0 Å². The molecule has 0 amide bonds. The third-order valence-corrected chi connectivity index (χ3v) is 3.51. The second-order valence-corrected chi connectivity index (χ2v) is 4.51. The van der Waals surface area contributed by atoms with E-state index in [9.17, 15) is 5.11 Å². The molecule has 4 nitrogen and oxygen atoms in total. The van der Waals surface area contributed by atoms with E-state index in [4.69, 9.17) is 5.73 Å². The summed E-state index contributed by atoms with van der Waals surface area (Å²) in [6, 6.07) is 1.71. The summed E-state index contributed by atoms with van der Waals surface area (Å²) in [5.41, 5.74) is 6.80. The van der Waals surface area contributed by atoms with Crippen LogP contribution in [0.25, 0.3) is 0 Å². The Balaban J connectivity index is 3.10. The number of nitrogen functional groups attached to an aromatic ring is 1. The molecule has 16 heavy (non-hydrogen) atoms. The molecule has 0 saturated heterocycles. The fourth-order valence-electron chi connectivity index (χ4n) is 1.74. The molecule has 1 aromatic rings. The van der Waals surface area contributed by atoms with E-state index in [0.717, 1.165) is 6.42 Å². The molecular formula is C12H21N3O. The number of aliphatic hydroxyl groups is 1. The highest BCUT2D eigenvalue weighted by Gasteiger charge is 2.35. The van der Waals surface area contributed by atoms with Gasteiger partial charge < -0.3 is 15.7 Å². The van der Waals surface area contributed by atoms with Crippen LogP contribution in [0.4, 0.5) is 5.69 Å². The summed E-state index contributed by atoms with van der Waals surface area (Å²) in [5.74, 6) is 0. The Morgan fingerprint density at radius 3 is 2.62 bits per heavy atom. The third-order valence-electron chi connectivity index (χ3n) is 3.51. The van der Waals surface area contributed by atoms with Crippen molar-refractivity contribution in [2.24, 2.45) is 0 Å². The molecule has 2 atom stereocenters. The number of aliphatic hydroxyl groups excluding tert-OH is 1. The topological polar surface area (TPSA) is 62.4 Å². The van der Waals surface area contributed by atoms with Gasteiger partial charge in [0.05, 0.1) is 0 Å². The quantitative estimate of drug-likeness (QED) is 0.810. The smallest absolute Gasteiger partial charge is 0.100 e. The van der Waals surface area contributed by atoms with E-state index in [1.807, 2.05) is 25.9 Å². The van der Waals surface area contributed by atoms with Gasteiger partial charge in [-0.2, -0.15) is 0 Å². The average molecular weight is 223 g/mol. The van der Waals surface area contributed by atoms with Crippen molar-refractivity contribution >= 4 is 5.69 Å². The van der Waals surface area contributed by atoms with E-state index < -0.39 is 6.10 Å². The number of nitrogens with two attached hydrogens (primary N) is 1. The second kappa shape index (κ2) is 4.80. The Hall–Kier alpha value is -1.13. The number of hydrogen-bond acceptors (Lipinski definition) is 4. The van der Waals surface area contributed by atoms with Crippen LogP contribution in [0.1, 0.15) is 31.9 Å². The zero-order valence-corrected chi connectivity index (χ0v) is 10.4. The minimum absolute atomic E-state index is 0.336. The third kappa shape index (κ3) is 2.18. The van der Waals surface area contributed by atoms with E-state index in [0.29, 0.717) is 11.3 Å². The number of nitrogens with zero attached hydrogens (tertiary/aromatic N) is 2. The van der Waals surface area contributed by atoms with Gasteiger partial charge in [0.2, 0.25) is 0 Å². The molecule has 0 bridgehead atoms. The van der Waals surface area contributed by atoms with Crippen LogP contribution in [0.5, 0.6) is 0 Å². The summed E-state index contributed by atoms with van der Waals surface area (Å²) in [6.45, 7) is 4.07. The van der Waals surface area contributed by atoms with Gasteiger partial charge in [-0.15, -0.1) is 0 Å². The summed E-state index contributed by atoms with van der Waals surface area (Å²) in [5, 5.41) is 10.4. The van der Waals surface area contributed by atoms with Gasteiger partial charge in [-0.3, -0.25) is 4.98 Å². The largest absolute Gasteiger partial charge is 0.398 e. The first-order valence-corrected chi connectivity index (χ1v) is 5.48. The molecular weight excluding hydrogens is 202 g/mol. The maximum atomic E-state index is 10.4. The predicted molar refractivity (Wildman–Crippen MR) is 66.0 cm³/mol. The standard InChI is InChI=1S/C12H21N3O/c1-5-12(2,15(3)4)11(16)9-8-14-7-6-10(9)13/h6-8,11,16H,5H2,1-4H3,(H2,13,14). The number of likely N-dealkylation sites (N-methyl/N-ethyl adjacent to an activating group) is 1. The highest BCUT2D eigenvalue weighted by molar-refractivity contribution is 5.46. The first-order chi connectivity index (χ1) is 7.43. The normalized spacial score (nSPS) is 17.1. The van der Waals surface area contributed by atoms with Crippen LogP contribution in [0, 0.1) is 0 Å². The van der Waals surface area contributed by atoms with Crippen molar-refractivity contribution in [2.75, 3.05) is 19.8 Å². The lowest BCUT2D eigenvalue weighted by molar-refractivity contribution is 0.00113. The lowest BCUT2D eigenvalue weighted by atomic mass is 9.86. The average Bonchev–Trinajstić information content (AvgIpc) is 2.27. The Kier molecular flexibility index (Phi) is 3.88. The van der Waals surface area contributed by atoms with Crippen LogP contribution in [-0.4, -0.2) is 34.6 Å². The molecule has 4 heteroatoms. The molecule has 3 N–H and O–H groups in total. The maximum Gasteiger partial charge on any atom is 0.100 e. The fourth-order valence-corrected chi connectivity index (χ4v) is 1.74. The Morgan fingerprint density at radius 2 is 2.19 bits per heavy atom. The van der Waals surface area contributed by atoms with Crippen molar-refractivity contribution in [1.29, 1.82) is 0 Å². The highest BCUT2D eigenvalue weighted by atomic mass is 16.3. The molecule has 0 radical (unpaired) electrons. The molecule has 2 unspecified atom stereocenters. The van der Waals surface area contributed by atoms with Crippen molar-refractivity contribution < 1.29 is 5.11 Å². The zero-order chi connectivity index (χ0) is 12.3. The Morgan fingerprint density at radius 1 is 1.56 bits per heavy atom. The van der Waals surface area contributed by atoms with E-state index >= 15 is 0 Å². The Labute approximate surface area is 97.1 Å². The number of hydrogen-bond donors (Lipinski definition) is 2. The van der Waals surface area contributed by atoms with Gasteiger partial charge in [0.15, 0.2) is 0 Å². The van der Waals surface area contributed by atoms with Crippen molar-refractivity contribution in [3.8, 4) is 0 Å². The van der Waals surface area contributed by atoms with Crippen LogP contribution in [-0.2, 0) is 0 Å². The van der Waals surface area contributed by atoms with Crippen molar-refractivity contribution in [1.82, 2.24) is 9.88 Å². The minimum atomic E-state index is -0.638. The SMILES string of the molecule is CCC(C)(C(O)c1cnccc1N)N(C)C.